The van der Waals surface area contributed by atoms with Gasteiger partial charge in [-0.15, -0.1) is 0 Å². The highest BCUT2D eigenvalue weighted by Gasteiger charge is 2.20. The standard InChI is InChI=1S/C15H24N2O/c1-2-13-4-6-14(7-5-13)15(12-16)17-8-3-10-18-11-9-17/h4-7,15H,2-3,8-12,16H2,1H3. The van der Waals surface area contributed by atoms with Crippen LogP contribution in [0, 0.1) is 0 Å². The lowest BCUT2D eigenvalue weighted by Gasteiger charge is -2.29. The lowest BCUT2D eigenvalue weighted by Crippen LogP contribution is -2.35. The molecule has 1 aromatic rings. The normalized spacial score (nSPS) is 19.4. The fourth-order valence-electron chi connectivity index (χ4n) is 2.55. The third kappa shape index (κ3) is 3.31. The van der Waals surface area contributed by atoms with Crippen LogP contribution in [0.4, 0.5) is 0 Å². The molecule has 1 unspecified atom stereocenters. The molecule has 3 heteroatoms. The van der Waals surface area contributed by atoms with Crippen LogP contribution in [0.2, 0.25) is 0 Å². The Morgan fingerprint density at radius 2 is 2.00 bits per heavy atom. The molecule has 0 amide bonds. The van der Waals surface area contributed by atoms with Crippen LogP contribution in [0.1, 0.15) is 30.5 Å². The van der Waals surface area contributed by atoms with Crippen LogP contribution < -0.4 is 5.73 Å². The number of ether oxygens (including phenoxy) is 1. The monoisotopic (exact) mass is 248 g/mol. The molecule has 0 radical (unpaired) electrons. The minimum Gasteiger partial charge on any atom is -0.380 e. The summed E-state index contributed by atoms with van der Waals surface area (Å²) in [7, 11) is 0. The van der Waals surface area contributed by atoms with Crippen molar-refractivity contribution in [3.8, 4) is 0 Å². The zero-order valence-electron chi connectivity index (χ0n) is 11.3. The summed E-state index contributed by atoms with van der Waals surface area (Å²) in [4.78, 5) is 2.45. The summed E-state index contributed by atoms with van der Waals surface area (Å²) in [5, 5.41) is 0. The van der Waals surface area contributed by atoms with E-state index in [9.17, 15) is 0 Å². The van der Waals surface area contributed by atoms with Crippen molar-refractivity contribution in [2.24, 2.45) is 5.73 Å². The second kappa shape index (κ2) is 6.88. The second-order valence-corrected chi connectivity index (χ2v) is 4.85. The van der Waals surface area contributed by atoms with E-state index >= 15 is 0 Å². The van der Waals surface area contributed by atoms with E-state index in [-0.39, 0.29) is 0 Å². The van der Waals surface area contributed by atoms with Gasteiger partial charge < -0.3 is 10.5 Å². The molecular weight excluding hydrogens is 224 g/mol. The molecule has 1 heterocycles. The van der Waals surface area contributed by atoms with E-state index in [4.69, 9.17) is 10.5 Å². The Morgan fingerprint density at radius 1 is 1.22 bits per heavy atom. The van der Waals surface area contributed by atoms with Crippen molar-refractivity contribution in [3.63, 3.8) is 0 Å². The van der Waals surface area contributed by atoms with Gasteiger partial charge in [-0.3, -0.25) is 4.90 Å². The lowest BCUT2D eigenvalue weighted by atomic mass is 10.0. The van der Waals surface area contributed by atoms with Gasteiger partial charge in [-0.25, -0.2) is 0 Å². The van der Waals surface area contributed by atoms with E-state index in [1.807, 2.05) is 0 Å². The van der Waals surface area contributed by atoms with Crippen LogP contribution in [-0.2, 0) is 11.2 Å². The molecular formula is C15H24N2O. The Balaban J connectivity index is 2.10. The minimum absolute atomic E-state index is 0.331. The van der Waals surface area contributed by atoms with Gasteiger partial charge in [-0.1, -0.05) is 31.2 Å². The van der Waals surface area contributed by atoms with Gasteiger partial charge >= 0.3 is 0 Å². The Labute approximate surface area is 110 Å². The molecule has 1 fully saturated rings. The third-order valence-electron chi connectivity index (χ3n) is 3.69. The first-order valence-corrected chi connectivity index (χ1v) is 6.96. The Kier molecular flexibility index (Phi) is 5.17. The quantitative estimate of drug-likeness (QED) is 0.885. The fraction of sp³-hybridized carbons (Fsp3) is 0.600. The number of nitrogens with two attached hydrogens (primary N) is 1. The van der Waals surface area contributed by atoms with Crippen LogP contribution in [-0.4, -0.2) is 37.7 Å². The van der Waals surface area contributed by atoms with Crippen molar-refractivity contribution in [2.75, 3.05) is 32.8 Å². The predicted molar refractivity (Wildman–Crippen MR) is 74.6 cm³/mol. The van der Waals surface area contributed by atoms with Gasteiger partial charge in [-0.2, -0.15) is 0 Å². The van der Waals surface area contributed by atoms with E-state index in [1.165, 1.54) is 11.1 Å². The molecule has 2 rings (SSSR count). The molecule has 0 spiro atoms. The molecule has 0 aromatic heterocycles. The summed E-state index contributed by atoms with van der Waals surface area (Å²) in [6.45, 7) is 6.62. The summed E-state index contributed by atoms with van der Waals surface area (Å²) >= 11 is 0. The predicted octanol–water partition coefficient (Wildman–Crippen LogP) is 1.97. The van der Waals surface area contributed by atoms with Crippen molar-refractivity contribution in [1.82, 2.24) is 4.90 Å². The molecule has 0 aliphatic carbocycles. The number of nitrogens with zero attached hydrogens (tertiary/aromatic N) is 1. The average molecular weight is 248 g/mol. The first-order chi connectivity index (χ1) is 8.85. The van der Waals surface area contributed by atoms with Crippen LogP contribution in [0.25, 0.3) is 0 Å². The largest absolute Gasteiger partial charge is 0.380 e. The van der Waals surface area contributed by atoms with Crippen LogP contribution in [0.15, 0.2) is 24.3 Å². The van der Waals surface area contributed by atoms with Gasteiger partial charge in [0.1, 0.15) is 0 Å². The van der Waals surface area contributed by atoms with Gasteiger partial charge in [0, 0.05) is 32.3 Å². The molecule has 100 valence electrons. The first kappa shape index (κ1) is 13.5. The highest BCUT2D eigenvalue weighted by atomic mass is 16.5. The lowest BCUT2D eigenvalue weighted by molar-refractivity contribution is 0.132. The molecule has 2 N–H and O–H groups in total. The topological polar surface area (TPSA) is 38.5 Å². The van der Waals surface area contributed by atoms with E-state index in [0.29, 0.717) is 12.6 Å². The van der Waals surface area contributed by atoms with Crippen molar-refractivity contribution in [1.29, 1.82) is 0 Å². The smallest absolute Gasteiger partial charge is 0.0593 e. The van der Waals surface area contributed by atoms with Crippen molar-refractivity contribution in [3.05, 3.63) is 35.4 Å². The number of rotatable bonds is 4. The van der Waals surface area contributed by atoms with Crippen LogP contribution >= 0.6 is 0 Å². The third-order valence-corrected chi connectivity index (χ3v) is 3.69. The highest BCUT2D eigenvalue weighted by molar-refractivity contribution is 5.25. The molecule has 1 atom stereocenters. The Morgan fingerprint density at radius 3 is 2.67 bits per heavy atom. The molecule has 0 bridgehead atoms. The second-order valence-electron chi connectivity index (χ2n) is 4.85. The van der Waals surface area contributed by atoms with Crippen LogP contribution in [0.3, 0.4) is 0 Å². The molecule has 1 aliphatic rings. The number of hydrogen-bond donors (Lipinski definition) is 1. The average Bonchev–Trinajstić information content (AvgIpc) is 2.70. The number of hydrogen-bond acceptors (Lipinski definition) is 3. The molecule has 0 saturated carbocycles. The maximum Gasteiger partial charge on any atom is 0.0593 e. The maximum atomic E-state index is 5.97. The SMILES string of the molecule is CCc1ccc(C(CN)N2CCCOCC2)cc1. The van der Waals surface area contributed by atoms with E-state index in [0.717, 1.165) is 39.1 Å². The van der Waals surface area contributed by atoms with Gasteiger partial charge in [-0.05, 0) is 24.0 Å². The zero-order chi connectivity index (χ0) is 12.8. The maximum absolute atomic E-state index is 5.97. The molecule has 1 aliphatic heterocycles. The summed E-state index contributed by atoms with van der Waals surface area (Å²) in [6.07, 6.45) is 2.19. The van der Waals surface area contributed by atoms with Gasteiger partial charge in [0.05, 0.1) is 6.61 Å². The van der Waals surface area contributed by atoms with Gasteiger partial charge in [0.2, 0.25) is 0 Å². The highest BCUT2D eigenvalue weighted by Crippen LogP contribution is 2.21. The van der Waals surface area contributed by atoms with Crippen molar-refractivity contribution < 1.29 is 4.74 Å². The van der Waals surface area contributed by atoms with E-state index in [1.54, 1.807) is 0 Å². The Hall–Kier alpha value is -0.900. The van der Waals surface area contributed by atoms with Crippen molar-refractivity contribution >= 4 is 0 Å². The van der Waals surface area contributed by atoms with Gasteiger partial charge in [0.25, 0.3) is 0 Å². The fourth-order valence-corrected chi connectivity index (χ4v) is 2.55. The van der Waals surface area contributed by atoms with E-state index < -0.39 is 0 Å². The van der Waals surface area contributed by atoms with E-state index in [2.05, 4.69) is 36.1 Å². The summed E-state index contributed by atoms with van der Waals surface area (Å²) in [5.41, 5.74) is 8.69. The summed E-state index contributed by atoms with van der Waals surface area (Å²) < 4.78 is 5.51. The number of benzene rings is 1. The summed E-state index contributed by atoms with van der Waals surface area (Å²) in [5.74, 6) is 0. The molecule has 1 saturated heterocycles. The molecule has 3 nitrogen and oxygen atoms in total. The molecule has 1 aromatic carbocycles. The van der Waals surface area contributed by atoms with Crippen LogP contribution in [0.5, 0.6) is 0 Å². The van der Waals surface area contributed by atoms with Crippen molar-refractivity contribution in [2.45, 2.75) is 25.8 Å². The zero-order valence-corrected chi connectivity index (χ0v) is 11.3. The molecule has 18 heavy (non-hydrogen) atoms. The number of aryl methyl sites for hydroxylation is 1. The Bertz CT molecular complexity index is 342. The summed E-state index contributed by atoms with van der Waals surface area (Å²) in [6, 6.07) is 9.21. The minimum atomic E-state index is 0.331. The first-order valence-electron chi connectivity index (χ1n) is 6.96. The van der Waals surface area contributed by atoms with Gasteiger partial charge in [0.15, 0.2) is 0 Å².